The first-order valence-corrected chi connectivity index (χ1v) is 7.32. The van der Waals surface area contributed by atoms with E-state index in [1.54, 1.807) is 25.1 Å². The van der Waals surface area contributed by atoms with E-state index in [0.29, 0.717) is 5.02 Å². The van der Waals surface area contributed by atoms with E-state index in [9.17, 15) is 13.5 Å². The highest BCUT2D eigenvalue weighted by Crippen LogP contribution is 2.23. The summed E-state index contributed by atoms with van der Waals surface area (Å²) in [4.78, 5) is 0.0754. The first-order chi connectivity index (χ1) is 8.88. The van der Waals surface area contributed by atoms with E-state index in [0.717, 1.165) is 5.56 Å². The van der Waals surface area contributed by atoms with Crippen molar-refractivity contribution in [3.8, 4) is 5.75 Å². The van der Waals surface area contributed by atoms with E-state index >= 15 is 0 Å². The van der Waals surface area contributed by atoms with Crippen LogP contribution in [0.15, 0.2) is 47.4 Å². The van der Waals surface area contributed by atoms with Gasteiger partial charge in [0.05, 0.1) is 10.6 Å². The Morgan fingerprint density at radius 1 is 1.16 bits per heavy atom. The topological polar surface area (TPSA) is 66.4 Å². The molecule has 0 aliphatic carbocycles. The van der Waals surface area contributed by atoms with Crippen LogP contribution in [0.2, 0.25) is 5.02 Å². The van der Waals surface area contributed by atoms with E-state index in [4.69, 9.17) is 11.6 Å². The quantitative estimate of drug-likeness (QED) is 0.914. The SMILES string of the molecule is Cc1ccc(S(=O)(=O)Nc2cccc(O)c2)cc1Cl. The van der Waals surface area contributed by atoms with Crippen LogP contribution in [0.5, 0.6) is 5.75 Å². The molecule has 0 fully saturated rings. The molecule has 0 atom stereocenters. The van der Waals surface area contributed by atoms with Crippen molar-refractivity contribution in [2.45, 2.75) is 11.8 Å². The van der Waals surface area contributed by atoms with Crippen LogP contribution in [0, 0.1) is 6.92 Å². The van der Waals surface area contributed by atoms with Crippen molar-refractivity contribution in [3.05, 3.63) is 53.1 Å². The van der Waals surface area contributed by atoms with Crippen molar-refractivity contribution in [3.63, 3.8) is 0 Å². The molecule has 19 heavy (non-hydrogen) atoms. The number of sulfonamides is 1. The van der Waals surface area contributed by atoms with Gasteiger partial charge in [0.2, 0.25) is 0 Å². The molecule has 0 bridgehead atoms. The summed E-state index contributed by atoms with van der Waals surface area (Å²) in [7, 11) is -3.71. The van der Waals surface area contributed by atoms with Crippen molar-refractivity contribution in [1.29, 1.82) is 0 Å². The maximum atomic E-state index is 12.1. The van der Waals surface area contributed by atoms with Crippen LogP contribution < -0.4 is 4.72 Å². The second-order valence-electron chi connectivity index (χ2n) is 4.07. The predicted molar refractivity (Wildman–Crippen MR) is 75.1 cm³/mol. The molecule has 2 N–H and O–H groups in total. The summed E-state index contributed by atoms with van der Waals surface area (Å²) in [5.41, 5.74) is 1.09. The highest BCUT2D eigenvalue weighted by Gasteiger charge is 2.15. The highest BCUT2D eigenvalue weighted by molar-refractivity contribution is 7.92. The minimum atomic E-state index is -3.71. The Labute approximate surface area is 116 Å². The van der Waals surface area contributed by atoms with Crippen LogP contribution in [0.25, 0.3) is 0 Å². The zero-order chi connectivity index (χ0) is 14.0. The second kappa shape index (κ2) is 5.11. The minimum absolute atomic E-state index is 0.0119. The number of halogens is 1. The van der Waals surface area contributed by atoms with Crippen molar-refractivity contribution >= 4 is 27.3 Å². The number of hydrogen-bond acceptors (Lipinski definition) is 3. The normalized spacial score (nSPS) is 11.3. The van der Waals surface area contributed by atoms with Gasteiger partial charge >= 0.3 is 0 Å². The highest BCUT2D eigenvalue weighted by atomic mass is 35.5. The number of aryl methyl sites for hydroxylation is 1. The van der Waals surface area contributed by atoms with E-state index in [-0.39, 0.29) is 16.3 Å². The summed E-state index contributed by atoms with van der Waals surface area (Å²) in [5, 5.41) is 9.69. The Morgan fingerprint density at radius 2 is 1.89 bits per heavy atom. The molecule has 2 aromatic rings. The third-order valence-electron chi connectivity index (χ3n) is 2.55. The van der Waals surface area contributed by atoms with Crippen LogP contribution in [0.4, 0.5) is 5.69 Å². The van der Waals surface area contributed by atoms with Gasteiger partial charge in [-0.15, -0.1) is 0 Å². The standard InChI is InChI=1S/C13H12ClNO3S/c1-9-5-6-12(8-13(9)14)19(17,18)15-10-3-2-4-11(16)7-10/h2-8,15-16H,1H3. The molecule has 0 spiro atoms. The first-order valence-electron chi connectivity index (χ1n) is 5.46. The molecular weight excluding hydrogens is 286 g/mol. The van der Waals surface area contributed by atoms with Crippen molar-refractivity contribution in [2.75, 3.05) is 4.72 Å². The zero-order valence-electron chi connectivity index (χ0n) is 10.1. The molecule has 0 aliphatic rings. The van der Waals surface area contributed by atoms with Crippen molar-refractivity contribution in [2.24, 2.45) is 0 Å². The number of phenols is 1. The smallest absolute Gasteiger partial charge is 0.261 e. The fraction of sp³-hybridized carbons (Fsp3) is 0.0769. The lowest BCUT2D eigenvalue weighted by atomic mass is 10.2. The lowest BCUT2D eigenvalue weighted by molar-refractivity contribution is 0.475. The lowest BCUT2D eigenvalue weighted by Crippen LogP contribution is -2.12. The molecule has 0 aliphatic heterocycles. The number of hydrogen-bond donors (Lipinski definition) is 2. The van der Waals surface area contributed by atoms with Gasteiger partial charge in [0.25, 0.3) is 10.0 Å². The number of aromatic hydroxyl groups is 1. The molecule has 0 saturated carbocycles. The molecule has 4 nitrogen and oxygen atoms in total. The zero-order valence-corrected chi connectivity index (χ0v) is 11.7. The number of rotatable bonds is 3. The predicted octanol–water partition coefficient (Wildman–Crippen LogP) is 3.15. The van der Waals surface area contributed by atoms with Gasteiger partial charge in [0, 0.05) is 11.1 Å². The molecule has 2 aromatic carbocycles. The lowest BCUT2D eigenvalue weighted by Gasteiger charge is -2.09. The summed E-state index contributed by atoms with van der Waals surface area (Å²) < 4.78 is 26.6. The van der Waals surface area contributed by atoms with Crippen LogP contribution in [-0.2, 0) is 10.0 Å². The molecule has 0 aromatic heterocycles. The maximum absolute atomic E-state index is 12.1. The number of phenolic OH excluding ortho intramolecular Hbond substituents is 1. The average Bonchev–Trinajstić information content (AvgIpc) is 2.32. The largest absolute Gasteiger partial charge is 0.508 e. The molecule has 6 heteroatoms. The third-order valence-corrected chi connectivity index (χ3v) is 4.34. The Bertz CT molecular complexity index is 714. The number of nitrogens with one attached hydrogen (secondary N) is 1. The van der Waals surface area contributed by atoms with Gasteiger partial charge in [-0.2, -0.15) is 0 Å². The van der Waals surface area contributed by atoms with Crippen molar-refractivity contribution in [1.82, 2.24) is 0 Å². The Kier molecular flexibility index (Phi) is 3.68. The fourth-order valence-electron chi connectivity index (χ4n) is 1.52. The summed E-state index contributed by atoms with van der Waals surface area (Å²) in [6.07, 6.45) is 0. The van der Waals surface area contributed by atoms with Crippen LogP contribution in [0.1, 0.15) is 5.56 Å². The van der Waals surface area contributed by atoms with Gasteiger partial charge in [-0.3, -0.25) is 4.72 Å². The van der Waals surface area contributed by atoms with Gasteiger partial charge in [0.15, 0.2) is 0 Å². The van der Waals surface area contributed by atoms with Gasteiger partial charge in [-0.05, 0) is 36.8 Å². The molecule has 0 unspecified atom stereocenters. The molecule has 2 rings (SSSR count). The average molecular weight is 298 g/mol. The van der Waals surface area contributed by atoms with Crippen LogP contribution >= 0.6 is 11.6 Å². The van der Waals surface area contributed by atoms with E-state index in [1.807, 2.05) is 0 Å². The van der Waals surface area contributed by atoms with Crippen LogP contribution in [0.3, 0.4) is 0 Å². The summed E-state index contributed by atoms with van der Waals surface area (Å²) in [6.45, 7) is 1.79. The molecule has 0 amide bonds. The minimum Gasteiger partial charge on any atom is -0.508 e. The maximum Gasteiger partial charge on any atom is 0.261 e. The Morgan fingerprint density at radius 3 is 2.53 bits per heavy atom. The van der Waals surface area contributed by atoms with Gasteiger partial charge in [0.1, 0.15) is 5.75 Å². The van der Waals surface area contributed by atoms with E-state index in [2.05, 4.69) is 4.72 Å². The first kappa shape index (κ1) is 13.7. The number of benzene rings is 2. The van der Waals surface area contributed by atoms with E-state index < -0.39 is 10.0 Å². The van der Waals surface area contributed by atoms with Gasteiger partial charge < -0.3 is 5.11 Å². The fourth-order valence-corrected chi connectivity index (χ4v) is 2.84. The second-order valence-corrected chi connectivity index (χ2v) is 6.16. The van der Waals surface area contributed by atoms with E-state index in [1.165, 1.54) is 24.3 Å². The van der Waals surface area contributed by atoms with Crippen molar-refractivity contribution < 1.29 is 13.5 Å². The molecular formula is C13H12ClNO3S. The Hall–Kier alpha value is -1.72. The van der Waals surface area contributed by atoms with Gasteiger partial charge in [-0.25, -0.2) is 8.42 Å². The summed E-state index contributed by atoms with van der Waals surface area (Å²) in [6, 6.07) is 10.4. The van der Waals surface area contributed by atoms with Gasteiger partial charge in [-0.1, -0.05) is 23.7 Å². The molecule has 0 saturated heterocycles. The number of anilines is 1. The van der Waals surface area contributed by atoms with Crippen LogP contribution in [-0.4, -0.2) is 13.5 Å². The Balaban J connectivity index is 2.35. The molecule has 100 valence electrons. The monoisotopic (exact) mass is 297 g/mol. The summed E-state index contributed by atoms with van der Waals surface area (Å²) >= 11 is 5.92. The molecule has 0 radical (unpaired) electrons. The molecule has 0 heterocycles. The third kappa shape index (κ3) is 3.19. The summed E-state index contributed by atoms with van der Waals surface area (Å²) in [5.74, 6) is -0.0119.